The number of nitrogens with one attached hydrogen (secondary N) is 1. The Morgan fingerprint density at radius 2 is 1.97 bits per heavy atom. The number of nitrogens with zero attached hydrogens (tertiary/aromatic N) is 1. The molecule has 0 bridgehead atoms. The Balaban J connectivity index is 1.51. The Labute approximate surface area is 167 Å². The van der Waals surface area contributed by atoms with Gasteiger partial charge < -0.3 is 14.1 Å². The molecule has 5 nitrogen and oxygen atoms in total. The molecule has 4 aromatic rings. The first kappa shape index (κ1) is 17.3. The monoisotopic (exact) mass is 382 g/mol. The van der Waals surface area contributed by atoms with Crippen LogP contribution in [0.15, 0.2) is 89.8 Å². The van der Waals surface area contributed by atoms with Gasteiger partial charge in [0.1, 0.15) is 17.5 Å². The summed E-state index contributed by atoms with van der Waals surface area (Å²) in [4.78, 5) is 18.8. The molecular formula is C24H18N2O3. The summed E-state index contributed by atoms with van der Waals surface area (Å²) in [6.45, 7) is 0. The molecule has 1 aliphatic carbocycles. The highest BCUT2D eigenvalue weighted by Gasteiger charge is 2.24. The van der Waals surface area contributed by atoms with Gasteiger partial charge in [-0.25, -0.2) is 4.98 Å². The highest BCUT2D eigenvalue weighted by Crippen LogP contribution is 2.34. The molecule has 0 saturated carbocycles. The Hall–Kier alpha value is -3.86. The highest BCUT2D eigenvalue weighted by atomic mass is 16.5. The van der Waals surface area contributed by atoms with Crippen molar-refractivity contribution < 1.29 is 13.9 Å². The molecule has 2 atom stereocenters. The lowest BCUT2D eigenvalue weighted by molar-refractivity contribution is 0.110. The molecule has 0 spiro atoms. The lowest BCUT2D eigenvalue weighted by Crippen LogP contribution is -2.23. The van der Waals surface area contributed by atoms with Crippen LogP contribution >= 0.6 is 0 Å². The molecule has 5 rings (SSSR count). The fourth-order valence-corrected chi connectivity index (χ4v) is 3.65. The number of carbonyl (C=O) groups excluding carboxylic acids is 1. The fraction of sp³-hybridized carbons (Fsp3) is 0.0833. The van der Waals surface area contributed by atoms with E-state index in [9.17, 15) is 4.79 Å². The molecule has 0 radical (unpaired) electrons. The zero-order valence-electron chi connectivity index (χ0n) is 15.5. The number of ether oxygens (including phenoxy) is 1. The standard InChI is InChI=1S/C24H18N2O3/c27-14-19-10-17(15-28-19)22-13-26-24-21(22)11-16(12-25-24)20-8-4-5-9-23(20)29-18-6-2-1-3-7-18/h1-15,20,23H,(H,25,26). The number of fused-ring (bicyclic) bond motifs is 1. The van der Waals surface area contributed by atoms with Gasteiger partial charge >= 0.3 is 0 Å². The van der Waals surface area contributed by atoms with E-state index in [2.05, 4.69) is 28.2 Å². The second-order valence-corrected chi connectivity index (χ2v) is 6.91. The van der Waals surface area contributed by atoms with Crippen LogP contribution in [0, 0.1) is 0 Å². The lowest BCUT2D eigenvalue weighted by Gasteiger charge is -2.25. The third-order valence-electron chi connectivity index (χ3n) is 5.08. The first-order valence-corrected chi connectivity index (χ1v) is 9.39. The van der Waals surface area contributed by atoms with Crippen LogP contribution < -0.4 is 4.74 Å². The molecular weight excluding hydrogens is 364 g/mol. The molecule has 1 aromatic carbocycles. The SMILES string of the molecule is O=Cc1cc(-c2c[nH]c3ncc(C4C=CC=CC4Oc4ccccc4)cc23)co1. The van der Waals surface area contributed by atoms with Crippen LogP contribution in [0.5, 0.6) is 5.75 Å². The normalized spacial score (nSPS) is 18.2. The van der Waals surface area contributed by atoms with Gasteiger partial charge in [-0.1, -0.05) is 36.4 Å². The second-order valence-electron chi connectivity index (χ2n) is 6.91. The number of benzene rings is 1. The zero-order valence-corrected chi connectivity index (χ0v) is 15.5. The van der Waals surface area contributed by atoms with Gasteiger partial charge in [0.2, 0.25) is 0 Å². The van der Waals surface area contributed by atoms with E-state index in [1.165, 1.54) is 0 Å². The number of H-pyrrole nitrogens is 1. The molecule has 1 aliphatic rings. The summed E-state index contributed by atoms with van der Waals surface area (Å²) in [5, 5.41) is 0.974. The van der Waals surface area contributed by atoms with E-state index < -0.39 is 0 Å². The molecule has 0 saturated heterocycles. The molecule has 3 heterocycles. The van der Waals surface area contributed by atoms with E-state index in [4.69, 9.17) is 9.15 Å². The molecule has 5 heteroatoms. The van der Waals surface area contributed by atoms with E-state index >= 15 is 0 Å². The van der Waals surface area contributed by atoms with Crippen LogP contribution in [0.3, 0.4) is 0 Å². The van der Waals surface area contributed by atoms with E-state index in [0.717, 1.165) is 33.5 Å². The number of rotatable bonds is 5. The predicted octanol–water partition coefficient (Wildman–Crippen LogP) is 5.29. The Morgan fingerprint density at radius 1 is 1.10 bits per heavy atom. The quantitative estimate of drug-likeness (QED) is 0.476. The number of hydrogen-bond donors (Lipinski definition) is 1. The van der Waals surface area contributed by atoms with Crippen LogP contribution in [0.4, 0.5) is 0 Å². The van der Waals surface area contributed by atoms with Crippen molar-refractivity contribution in [2.24, 2.45) is 0 Å². The second kappa shape index (κ2) is 7.28. The van der Waals surface area contributed by atoms with Crippen molar-refractivity contribution in [3.05, 3.63) is 96.7 Å². The van der Waals surface area contributed by atoms with Crippen molar-refractivity contribution >= 4 is 17.3 Å². The van der Waals surface area contributed by atoms with Gasteiger partial charge in [-0.05, 0) is 35.9 Å². The molecule has 2 unspecified atom stereocenters. The summed E-state index contributed by atoms with van der Waals surface area (Å²) in [5.41, 5.74) is 3.63. The van der Waals surface area contributed by atoms with Crippen LogP contribution in [0.25, 0.3) is 22.2 Å². The van der Waals surface area contributed by atoms with Crippen molar-refractivity contribution in [3.8, 4) is 16.9 Å². The van der Waals surface area contributed by atoms with Gasteiger partial charge in [0.25, 0.3) is 0 Å². The van der Waals surface area contributed by atoms with Crippen molar-refractivity contribution in [1.29, 1.82) is 0 Å². The molecule has 1 N–H and O–H groups in total. The summed E-state index contributed by atoms with van der Waals surface area (Å²) < 4.78 is 11.5. The van der Waals surface area contributed by atoms with Crippen molar-refractivity contribution in [2.75, 3.05) is 0 Å². The summed E-state index contributed by atoms with van der Waals surface area (Å²) >= 11 is 0. The maximum Gasteiger partial charge on any atom is 0.185 e. The third-order valence-corrected chi connectivity index (χ3v) is 5.08. The number of furan rings is 1. The number of para-hydroxylation sites is 1. The number of carbonyl (C=O) groups is 1. The van der Waals surface area contributed by atoms with Gasteiger partial charge in [0.05, 0.1) is 6.26 Å². The minimum atomic E-state index is -0.125. The predicted molar refractivity (Wildman–Crippen MR) is 111 cm³/mol. The maximum absolute atomic E-state index is 11.0. The number of allylic oxidation sites excluding steroid dienone is 2. The zero-order chi connectivity index (χ0) is 19.6. The smallest absolute Gasteiger partial charge is 0.185 e. The van der Waals surface area contributed by atoms with Crippen molar-refractivity contribution in [1.82, 2.24) is 9.97 Å². The molecule has 0 amide bonds. The first-order valence-electron chi connectivity index (χ1n) is 9.39. The van der Waals surface area contributed by atoms with Gasteiger partial charge in [-0.3, -0.25) is 4.79 Å². The van der Waals surface area contributed by atoms with E-state index in [0.29, 0.717) is 12.0 Å². The average molecular weight is 382 g/mol. The molecule has 0 fully saturated rings. The molecule has 0 aliphatic heterocycles. The summed E-state index contributed by atoms with van der Waals surface area (Å²) in [6.07, 6.45) is 14.2. The average Bonchev–Trinajstić information content (AvgIpc) is 3.41. The van der Waals surface area contributed by atoms with Crippen molar-refractivity contribution in [2.45, 2.75) is 12.0 Å². The van der Waals surface area contributed by atoms with Crippen LogP contribution in [0.2, 0.25) is 0 Å². The minimum absolute atomic E-state index is 0.0368. The number of pyridine rings is 1. The van der Waals surface area contributed by atoms with Gasteiger partial charge in [0.15, 0.2) is 12.0 Å². The molecule has 3 aromatic heterocycles. The Morgan fingerprint density at radius 3 is 2.79 bits per heavy atom. The molecule has 142 valence electrons. The first-order chi connectivity index (χ1) is 14.3. The summed E-state index contributed by atoms with van der Waals surface area (Å²) in [7, 11) is 0. The highest BCUT2D eigenvalue weighted by molar-refractivity contribution is 5.94. The minimum Gasteiger partial charge on any atom is -0.485 e. The van der Waals surface area contributed by atoms with E-state index in [1.807, 2.05) is 54.9 Å². The molecule has 29 heavy (non-hydrogen) atoms. The number of hydrogen-bond acceptors (Lipinski definition) is 4. The lowest BCUT2D eigenvalue weighted by atomic mass is 9.90. The van der Waals surface area contributed by atoms with E-state index in [1.54, 1.807) is 12.3 Å². The Bertz CT molecular complexity index is 1220. The third kappa shape index (κ3) is 3.27. The van der Waals surface area contributed by atoms with Gasteiger partial charge in [-0.15, -0.1) is 0 Å². The van der Waals surface area contributed by atoms with Gasteiger partial charge in [-0.2, -0.15) is 0 Å². The fourth-order valence-electron chi connectivity index (χ4n) is 3.65. The van der Waals surface area contributed by atoms with Crippen LogP contribution in [-0.4, -0.2) is 22.4 Å². The van der Waals surface area contributed by atoms with Crippen LogP contribution in [0.1, 0.15) is 22.0 Å². The van der Waals surface area contributed by atoms with Crippen LogP contribution in [-0.2, 0) is 0 Å². The summed E-state index contributed by atoms with van der Waals surface area (Å²) in [6, 6.07) is 13.7. The van der Waals surface area contributed by atoms with E-state index in [-0.39, 0.29) is 12.0 Å². The topological polar surface area (TPSA) is 68.1 Å². The van der Waals surface area contributed by atoms with Crippen molar-refractivity contribution in [3.63, 3.8) is 0 Å². The van der Waals surface area contributed by atoms with Gasteiger partial charge in [0, 0.05) is 34.8 Å². The largest absolute Gasteiger partial charge is 0.485 e. The Kier molecular flexibility index (Phi) is 4.33. The number of aromatic amines is 1. The maximum atomic E-state index is 11.0. The number of aldehydes is 1. The number of aromatic nitrogens is 2. The summed E-state index contributed by atoms with van der Waals surface area (Å²) in [5.74, 6) is 1.17.